The minimum absolute atomic E-state index is 0.297. The van der Waals surface area contributed by atoms with Crippen molar-refractivity contribution in [1.82, 2.24) is 10.2 Å². The van der Waals surface area contributed by atoms with Gasteiger partial charge < -0.3 is 19.7 Å². The number of benzene rings is 1. The van der Waals surface area contributed by atoms with Gasteiger partial charge in [-0.3, -0.25) is 4.79 Å². The number of amides is 1. The third-order valence-electron chi connectivity index (χ3n) is 4.35. The van der Waals surface area contributed by atoms with E-state index in [2.05, 4.69) is 18.0 Å². The third kappa shape index (κ3) is 5.49. The van der Waals surface area contributed by atoms with E-state index in [4.69, 9.17) is 9.47 Å². The number of carbonyl (C=O) groups excluding carboxylic acids is 1. The summed E-state index contributed by atoms with van der Waals surface area (Å²) < 4.78 is 11.2. The van der Waals surface area contributed by atoms with Gasteiger partial charge in [-0.2, -0.15) is 0 Å². The first kappa shape index (κ1) is 19.3. The topological polar surface area (TPSA) is 50.8 Å². The second-order valence-electron chi connectivity index (χ2n) is 6.23. The van der Waals surface area contributed by atoms with E-state index < -0.39 is 0 Å². The normalized spacial score (nSPS) is 14.0. The van der Waals surface area contributed by atoms with E-state index >= 15 is 0 Å². The number of nitrogens with zero attached hydrogens (tertiary/aromatic N) is 1. The van der Waals surface area contributed by atoms with E-state index in [9.17, 15) is 4.79 Å². The van der Waals surface area contributed by atoms with Gasteiger partial charge in [0.2, 0.25) is 5.91 Å². The molecule has 1 heterocycles. The van der Waals surface area contributed by atoms with Crippen molar-refractivity contribution in [2.45, 2.75) is 39.2 Å². The summed E-state index contributed by atoms with van der Waals surface area (Å²) in [4.78, 5) is 13.5. The highest BCUT2D eigenvalue weighted by molar-refractivity contribution is 5.77. The van der Waals surface area contributed by atoms with Gasteiger partial charge in [-0.1, -0.05) is 12.1 Å². The first-order valence-electron chi connectivity index (χ1n) is 9.11. The van der Waals surface area contributed by atoms with Crippen molar-refractivity contribution in [2.75, 3.05) is 33.4 Å². The zero-order valence-electron chi connectivity index (χ0n) is 15.5. The summed E-state index contributed by atoms with van der Waals surface area (Å²) in [6.45, 7) is 9.82. The average Bonchev–Trinajstić information content (AvgIpc) is 3.02. The van der Waals surface area contributed by atoms with Gasteiger partial charge in [0.1, 0.15) is 0 Å². The molecule has 0 aromatic heterocycles. The molecule has 1 N–H and O–H groups in total. The van der Waals surface area contributed by atoms with Gasteiger partial charge in [0.05, 0.1) is 13.7 Å². The van der Waals surface area contributed by atoms with Crippen molar-refractivity contribution >= 4 is 5.91 Å². The van der Waals surface area contributed by atoms with Crippen molar-refractivity contribution in [3.05, 3.63) is 35.9 Å². The molecule has 5 nitrogen and oxygen atoms in total. The lowest BCUT2D eigenvalue weighted by atomic mass is 10.1. The van der Waals surface area contributed by atoms with E-state index in [0.29, 0.717) is 18.9 Å². The Morgan fingerprint density at radius 1 is 1.40 bits per heavy atom. The van der Waals surface area contributed by atoms with E-state index in [1.54, 1.807) is 7.11 Å². The molecule has 1 aromatic carbocycles. The molecular weight excluding hydrogens is 316 g/mol. The Labute approximate surface area is 151 Å². The van der Waals surface area contributed by atoms with Gasteiger partial charge in [0.15, 0.2) is 11.5 Å². The van der Waals surface area contributed by atoms with E-state index in [1.165, 1.54) is 0 Å². The summed E-state index contributed by atoms with van der Waals surface area (Å²) in [6.07, 6.45) is 5.31. The highest BCUT2D eigenvalue weighted by Crippen LogP contribution is 2.33. The maximum Gasteiger partial charge on any atom is 0.222 e. The largest absolute Gasteiger partial charge is 0.493 e. The lowest BCUT2D eigenvalue weighted by Gasteiger charge is -2.17. The van der Waals surface area contributed by atoms with Crippen molar-refractivity contribution < 1.29 is 14.3 Å². The Hall–Kier alpha value is -2.01. The van der Waals surface area contributed by atoms with Crippen LogP contribution in [0.15, 0.2) is 24.8 Å². The fourth-order valence-electron chi connectivity index (χ4n) is 3.16. The van der Waals surface area contributed by atoms with E-state index in [-0.39, 0.29) is 0 Å². The molecule has 0 unspecified atom stereocenters. The maximum absolute atomic E-state index is 11.6. The number of likely N-dealkylation sites (tertiary alicyclic amines) is 1. The highest BCUT2D eigenvalue weighted by atomic mass is 16.5. The molecule has 0 aliphatic carbocycles. The van der Waals surface area contributed by atoms with Crippen LogP contribution in [-0.2, 0) is 17.8 Å². The molecule has 0 bridgehead atoms. The Morgan fingerprint density at radius 2 is 2.24 bits per heavy atom. The molecule has 1 amide bonds. The van der Waals surface area contributed by atoms with Gasteiger partial charge in [0.25, 0.3) is 0 Å². The molecule has 1 fully saturated rings. The number of nitrogens with one attached hydrogen (secondary N) is 1. The van der Waals surface area contributed by atoms with Crippen LogP contribution in [0.1, 0.15) is 37.3 Å². The first-order valence-corrected chi connectivity index (χ1v) is 9.11. The van der Waals surface area contributed by atoms with Crippen LogP contribution in [-0.4, -0.2) is 44.2 Å². The highest BCUT2D eigenvalue weighted by Gasteiger charge is 2.18. The zero-order chi connectivity index (χ0) is 18.1. The number of hydrogen-bond acceptors (Lipinski definition) is 4. The summed E-state index contributed by atoms with van der Waals surface area (Å²) in [5.41, 5.74) is 2.25. The molecule has 1 saturated heterocycles. The van der Waals surface area contributed by atoms with Crippen molar-refractivity contribution in [3.63, 3.8) is 0 Å². The Balaban J connectivity index is 1.88. The summed E-state index contributed by atoms with van der Waals surface area (Å²) in [5, 5.41) is 3.45. The lowest BCUT2D eigenvalue weighted by molar-refractivity contribution is -0.127. The van der Waals surface area contributed by atoms with Gasteiger partial charge in [-0.25, -0.2) is 0 Å². The van der Waals surface area contributed by atoms with Crippen LogP contribution >= 0.6 is 0 Å². The Morgan fingerprint density at radius 3 is 2.88 bits per heavy atom. The fourth-order valence-corrected chi connectivity index (χ4v) is 3.16. The van der Waals surface area contributed by atoms with E-state index in [1.807, 2.05) is 24.0 Å². The molecule has 1 aromatic rings. The summed E-state index contributed by atoms with van der Waals surface area (Å²) in [5.74, 6) is 1.87. The molecule has 1 aliphatic rings. The third-order valence-corrected chi connectivity index (χ3v) is 4.35. The molecule has 2 rings (SSSR count). The summed E-state index contributed by atoms with van der Waals surface area (Å²) >= 11 is 0. The molecule has 0 spiro atoms. The maximum atomic E-state index is 11.6. The SMILES string of the molecule is C=CCc1cc(CNCCCN2CCCC2=O)cc(OC)c1OCC. The quantitative estimate of drug-likeness (QED) is 0.494. The van der Waals surface area contributed by atoms with Gasteiger partial charge in [-0.05, 0) is 44.4 Å². The van der Waals surface area contributed by atoms with Crippen LogP contribution in [0.3, 0.4) is 0 Å². The Bertz CT molecular complexity index is 587. The predicted molar refractivity (Wildman–Crippen MR) is 100 cm³/mol. The van der Waals surface area contributed by atoms with Crippen molar-refractivity contribution in [3.8, 4) is 11.5 Å². The molecule has 5 heteroatoms. The number of ether oxygens (including phenoxy) is 2. The van der Waals surface area contributed by atoms with Crippen molar-refractivity contribution in [2.24, 2.45) is 0 Å². The van der Waals surface area contributed by atoms with Gasteiger partial charge in [-0.15, -0.1) is 6.58 Å². The molecule has 25 heavy (non-hydrogen) atoms. The smallest absolute Gasteiger partial charge is 0.222 e. The molecule has 138 valence electrons. The lowest BCUT2D eigenvalue weighted by Crippen LogP contribution is -2.28. The number of carbonyl (C=O) groups is 1. The molecule has 0 saturated carbocycles. The van der Waals surface area contributed by atoms with Gasteiger partial charge >= 0.3 is 0 Å². The van der Waals surface area contributed by atoms with Crippen LogP contribution in [0.2, 0.25) is 0 Å². The first-order chi connectivity index (χ1) is 12.2. The van der Waals surface area contributed by atoms with Crippen LogP contribution in [0.25, 0.3) is 0 Å². The predicted octanol–water partition coefficient (Wildman–Crippen LogP) is 2.92. The van der Waals surface area contributed by atoms with Gasteiger partial charge in [0, 0.05) is 31.6 Å². The number of methoxy groups -OCH3 is 1. The summed E-state index contributed by atoms with van der Waals surface area (Å²) in [7, 11) is 1.67. The standard InChI is InChI=1S/C20H30N2O3/c1-4-8-17-13-16(14-18(24-3)20(17)25-5-2)15-21-10-7-12-22-11-6-9-19(22)23/h4,13-14,21H,1,5-12,15H2,2-3H3. The fraction of sp³-hybridized carbons (Fsp3) is 0.550. The van der Waals surface area contributed by atoms with Crippen LogP contribution in [0.5, 0.6) is 11.5 Å². The zero-order valence-corrected chi connectivity index (χ0v) is 15.5. The molecule has 0 radical (unpaired) electrons. The van der Waals surface area contributed by atoms with E-state index in [0.717, 1.165) is 68.1 Å². The summed E-state index contributed by atoms with van der Waals surface area (Å²) in [6, 6.07) is 4.17. The minimum Gasteiger partial charge on any atom is -0.493 e. The molecule has 0 atom stereocenters. The van der Waals surface area contributed by atoms with Crippen molar-refractivity contribution in [1.29, 1.82) is 0 Å². The number of allylic oxidation sites excluding steroid dienone is 1. The second-order valence-corrected chi connectivity index (χ2v) is 6.23. The van der Waals surface area contributed by atoms with Crippen LogP contribution < -0.4 is 14.8 Å². The monoisotopic (exact) mass is 346 g/mol. The number of hydrogen-bond donors (Lipinski definition) is 1. The average molecular weight is 346 g/mol. The number of rotatable bonds is 11. The minimum atomic E-state index is 0.297. The Kier molecular flexibility index (Phi) is 7.79. The van der Waals surface area contributed by atoms with Crippen LogP contribution in [0.4, 0.5) is 0 Å². The second kappa shape index (κ2) is 10.1. The molecule has 1 aliphatic heterocycles. The molecular formula is C20H30N2O3. The van der Waals surface area contributed by atoms with Crippen LogP contribution in [0, 0.1) is 0 Å².